The summed E-state index contributed by atoms with van der Waals surface area (Å²) in [7, 11) is 0. The van der Waals surface area contributed by atoms with Crippen molar-refractivity contribution in [2.24, 2.45) is 5.10 Å². The molecule has 1 saturated heterocycles. The lowest BCUT2D eigenvalue weighted by atomic mass is 10.1. The Labute approximate surface area is 186 Å². The smallest absolute Gasteiger partial charge is 0.271 e. The average molecular weight is 430 g/mol. The van der Waals surface area contributed by atoms with Crippen molar-refractivity contribution < 1.29 is 9.59 Å². The zero-order valence-electron chi connectivity index (χ0n) is 17.2. The third kappa shape index (κ3) is 5.03. The van der Waals surface area contributed by atoms with Crippen molar-refractivity contribution in [2.45, 2.75) is 18.8 Å². The number of carbonyl (C=O) groups is 2. The van der Waals surface area contributed by atoms with Crippen LogP contribution >= 0.6 is 11.8 Å². The molecule has 0 unspecified atom stereocenters. The molecule has 1 N–H and O–H groups in total. The van der Waals surface area contributed by atoms with Crippen molar-refractivity contribution in [2.75, 3.05) is 5.75 Å². The van der Waals surface area contributed by atoms with Gasteiger partial charge >= 0.3 is 0 Å². The van der Waals surface area contributed by atoms with Gasteiger partial charge in [0.05, 0.1) is 11.5 Å². The molecule has 1 atom stereocenters. The summed E-state index contributed by atoms with van der Waals surface area (Å²) in [6.07, 6.45) is 0. The highest BCUT2D eigenvalue weighted by molar-refractivity contribution is 8.00. The number of hydrazone groups is 1. The molecule has 6 heteroatoms. The van der Waals surface area contributed by atoms with Gasteiger partial charge in [-0.15, -0.1) is 11.8 Å². The van der Waals surface area contributed by atoms with E-state index in [-0.39, 0.29) is 17.2 Å². The Hall–Kier alpha value is -3.38. The van der Waals surface area contributed by atoms with Crippen molar-refractivity contribution in [1.82, 2.24) is 10.3 Å². The van der Waals surface area contributed by atoms with Crippen molar-refractivity contribution in [3.8, 4) is 0 Å². The van der Waals surface area contributed by atoms with Crippen molar-refractivity contribution in [1.29, 1.82) is 0 Å². The van der Waals surface area contributed by atoms with E-state index < -0.39 is 0 Å². The van der Waals surface area contributed by atoms with Gasteiger partial charge in [-0.05, 0) is 35.7 Å². The fourth-order valence-corrected chi connectivity index (χ4v) is 4.61. The number of hydrogen-bond donors (Lipinski definition) is 1. The first-order valence-corrected chi connectivity index (χ1v) is 11.1. The fourth-order valence-electron chi connectivity index (χ4n) is 3.42. The third-order valence-corrected chi connectivity index (χ3v) is 6.39. The van der Waals surface area contributed by atoms with E-state index in [1.54, 1.807) is 23.9 Å². The van der Waals surface area contributed by atoms with Crippen LogP contribution in [0, 0.1) is 0 Å². The second-order valence-electron chi connectivity index (χ2n) is 7.30. The standard InChI is InChI=1S/C25H23N3O2S/c1-18(20-10-6-3-7-11-20)26-27-24(30)21-12-14-22(15-13-21)25-28(23(29)17-31-25)16-19-8-4-2-5-9-19/h2-15,25H,16-17H2,1H3,(H,27,30)/b26-18-/t25-/m1/s1. The van der Waals surface area contributed by atoms with E-state index in [4.69, 9.17) is 0 Å². The maximum atomic E-state index is 12.5. The van der Waals surface area contributed by atoms with Gasteiger partial charge in [-0.25, -0.2) is 5.43 Å². The molecule has 0 spiro atoms. The quantitative estimate of drug-likeness (QED) is 0.460. The predicted molar refractivity (Wildman–Crippen MR) is 125 cm³/mol. The summed E-state index contributed by atoms with van der Waals surface area (Å²) in [6, 6.07) is 27.1. The van der Waals surface area contributed by atoms with Gasteiger partial charge in [0.15, 0.2) is 0 Å². The third-order valence-electron chi connectivity index (χ3n) is 5.14. The van der Waals surface area contributed by atoms with Gasteiger partial charge in [0.25, 0.3) is 5.91 Å². The Kier molecular flexibility index (Phi) is 6.48. The number of rotatable bonds is 6. The topological polar surface area (TPSA) is 61.8 Å². The molecule has 4 rings (SSSR count). The van der Waals surface area contributed by atoms with Crippen molar-refractivity contribution in [3.05, 3.63) is 107 Å². The number of amides is 2. The summed E-state index contributed by atoms with van der Waals surface area (Å²) >= 11 is 1.61. The summed E-state index contributed by atoms with van der Waals surface area (Å²) in [5.41, 5.74) is 6.95. The van der Waals surface area contributed by atoms with Gasteiger partial charge in [0.2, 0.25) is 5.91 Å². The molecule has 156 valence electrons. The van der Waals surface area contributed by atoms with Crippen LogP contribution < -0.4 is 5.43 Å². The Morgan fingerprint density at radius 3 is 2.29 bits per heavy atom. The number of nitrogens with one attached hydrogen (secondary N) is 1. The van der Waals surface area contributed by atoms with Crippen molar-refractivity contribution >= 4 is 29.3 Å². The average Bonchev–Trinajstić information content (AvgIpc) is 3.18. The lowest BCUT2D eigenvalue weighted by Gasteiger charge is -2.24. The molecular formula is C25H23N3O2S. The molecule has 3 aromatic carbocycles. The monoisotopic (exact) mass is 429 g/mol. The zero-order valence-corrected chi connectivity index (χ0v) is 18.0. The van der Waals surface area contributed by atoms with E-state index in [1.165, 1.54) is 0 Å². The molecule has 1 aliphatic heterocycles. The van der Waals surface area contributed by atoms with E-state index in [9.17, 15) is 9.59 Å². The maximum Gasteiger partial charge on any atom is 0.271 e. The molecule has 0 saturated carbocycles. The molecular weight excluding hydrogens is 406 g/mol. The minimum atomic E-state index is -0.266. The lowest BCUT2D eigenvalue weighted by molar-refractivity contribution is -0.128. The fraction of sp³-hybridized carbons (Fsp3) is 0.160. The Balaban J connectivity index is 1.43. The van der Waals surface area contributed by atoms with Gasteiger partial charge in [0, 0.05) is 12.1 Å². The molecule has 1 aliphatic rings. The van der Waals surface area contributed by atoms with E-state index in [1.807, 2.05) is 84.6 Å². The van der Waals surface area contributed by atoms with Crippen LogP contribution in [0.1, 0.15) is 39.3 Å². The van der Waals surface area contributed by atoms with Crippen LogP contribution in [0.15, 0.2) is 90.0 Å². The second kappa shape index (κ2) is 9.62. The van der Waals surface area contributed by atoms with Gasteiger partial charge in [-0.1, -0.05) is 72.8 Å². The second-order valence-corrected chi connectivity index (χ2v) is 8.37. The molecule has 0 aliphatic carbocycles. The largest absolute Gasteiger partial charge is 0.322 e. The molecule has 2 amide bonds. The lowest BCUT2D eigenvalue weighted by Crippen LogP contribution is -2.27. The van der Waals surface area contributed by atoms with Crippen LogP contribution in [0.25, 0.3) is 0 Å². The number of hydrogen-bond acceptors (Lipinski definition) is 4. The van der Waals surface area contributed by atoms with Gasteiger partial charge < -0.3 is 4.90 Å². The molecule has 3 aromatic rings. The van der Waals surface area contributed by atoms with Gasteiger partial charge in [-0.2, -0.15) is 5.10 Å². The zero-order chi connectivity index (χ0) is 21.6. The predicted octanol–water partition coefficient (Wildman–Crippen LogP) is 4.61. The minimum Gasteiger partial charge on any atom is -0.322 e. The Morgan fingerprint density at radius 1 is 0.968 bits per heavy atom. The molecule has 0 radical (unpaired) electrons. The summed E-state index contributed by atoms with van der Waals surface area (Å²) in [4.78, 5) is 26.8. The number of nitrogens with zero attached hydrogens (tertiary/aromatic N) is 2. The number of benzene rings is 3. The van der Waals surface area contributed by atoms with E-state index in [0.29, 0.717) is 17.9 Å². The van der Waals surface area contributed by atoms with E-state index in [0.717, 1.165) is 22.4 Å². The minimum absolute atomic E-state index is 0.0526. The first-order valence-electron chi connectivity index (χ1n) is 10.1. The molecule has 1 fully saturated rings. The van der Waals surface area contributed by atoms with Crippen LogP contribution in [0.2, 0.25) is 0 Å². The SMILES string of the molecule is C/C(=N/NC(=O)c1ccc([C@H]2SCC(=O)N2Cc2ccccc2)cc1)c1ccccc1. The molecule has 31 heavy (non-hydrogen) atoms. The van der Waals surface area contributed by atoms with Crippen LogP contribution in [0.3, 0.4) is 0 Å². The number of thioether (sulfide) groups is 1. The molecule has 0 bridgehead atoms. The van der Waals surface area contributed by atoms with Gasteiger partial charge in [-0.3, -0.25) is 9.59 Å². The first-order chi connectivity index (χ1) is 15.1. The maximum absolute atomic E-state index is 12.5. The molecule has 5 nitrogen and oxygen atoms in total. The highest BCUT2D eigenvalue weighted by atomic mass is 32.2. The summed E-state index contributed by atoms with van der Waals surface area (Å²) < 4.78 is 0. The van der Waals surface area contributed by atoms with E-state index >= 15 is 0 Å². The van der Waals surface area contributed by atoms with Gasteiger partial charge in [0.1, 0.15) is 5.37 Å². The Morgan fingerprint density at radius 2 is 1.61 bits per heavy atom. The summed E-state index contributed by atoms with van der Waals surface area (Å²) in [5, 5.41) is 4.15. The summed E-state index contributed by atoms with van der Waals surface area (Å²) in [6.45, 7) is 2.43. The van der Waals surface area contributed by atoms with Crippen LogP contribution in [-0.2, 0) is 11.3 Å². The highest BCUT2D eigenvalue weighted by Gasteiger charge is 2.32. The Bertz CT molecular complexity index is 1080. The first kappa shape index (κ1) is 20.9. The number of carbonyl (C=O) groups excluding carboxylic acids is 2. The van der Waals surface area contributed by atoms with Crippen LogP contribution in [-0.4, -0.2) is 28.2 Å². The van der Waals surface area contributed by atoms with E-state index in [2.05, 4.69) is 10.5 Å². The van der Waals surface area contributed by atoms with Crippen LogP contribution in [0.4, 0.5) is 0 Å². The molecule has 0 aromatic heterocycles. The van der Waals surface area contributed by atoms with Crippen LogP contribution in [0.5, 0.6) is 0 Å². The van der Waals surface area contributed by atoms with Crippen molar-refractivity contribution in [3.63, 3.8) is 0 Å². The normalized spacial score (nSPS) is 16.4. The summed E-state index contributed by atoms with van der Waals surface area (Å²) in [5.74, 6) is 0.331. The molecule has 1 heterocycles. The highest BCUT2D eigenvalue weighted by Crippen LogP contribution is 2.39.